The van der Waals surface area contributed by atoms with Gasteiger partial charge in [0.2, 0.25) is 5.78 Å². The first-order valence-electron chi connectivity index (χ1n) is 7.82. The van der Waals surface area contributed by atoms with E-state index in [4.69, 9.17) is 9.84 Å². The molecule has 26 heavy (non-hydrogen) atoms. The number of aliphatic hydroxyl groups excluding tert-OH is 1. The number of hydrogen-bond donors (Lipinski definition) is 2. The van der Waals surface area contributed by atoms with Crippen molar-refractivity contribution in [2.75, 3.05) is 19.0 Å². The van der Waals surface area contributed by atoms with E-state index < -0.39 is 12.4 Å². The van der Waals surface area contributed by atoms with E-state index in [2.05, 4.69) is 25.6 Å². The second-order valence-corrected chi connectivity index (χ2v) is 5.58. The summed E-state index contributed by atoms with van der Waals surface area (Å²) in [6.07, 6.45) is 1.60. The van der Waals surface area contributed by atoms with Crippen LogP contribution in [0.5, 0.6) is 5.75 Å². The second kappa shape index (κ2) is 7.28. The van der Waals surface area contributed by atoms with Gasteiger partial charge in [-0.3, -0.25) is 9.48 Å². The quantitative estimate of drug-likeness (QED) is 0.640. The molecule has 0 fully saturated rings. The van der Waals surface area contributed by atoms with Gasteiger partial charge in [0.25, 0.3) is 0 Å². The molecular formula is C17H18N6O3. The molecule has 0 saturated heterocycles. The van der Waals surface area contributed by atoms with Crippen LogP contribution in [-0.4, -0.2) is 49.6 Å². The van der Waals surface area contributed by atoms with Gasteiger partial charge in [0.05, 0.1) is 29.7 Å². The summed E-state index contributed by atoms with van der Waals surface area (Å²) < 4.78 is 7.15. The number of aromatic nitrogens is 5. The van der Waals surface area contributed by atoms with Crippen LogP contribution in [0.1, 0.15) is 16.2 Å². The Hall–Kier alpha value is -3.33. The molecule has 0 aliphatic heterocycles. The second-order valence-electron chi connectivity index (χ2n) is 5.58. The van der Waals surface area contributed by atoms with Crippen molar-refractivity contribution in [1.82, 2.24) is 25.0 Å². The number of carbonyl (C=O) groups excluding carboxylic acids is 1. The maximum Gasteiger partial charge on any atom is 0.210 e. The van der Waals surface area contributed by atoms with E-state index in [1.54, 1.807) is 44.2 Å². The fourth-order valence-electron chi connectivity index (χ4n) is 2.50. The number of rotatable bonds is 6. The highest BCUT2D eigenvalue weighted by Gasteiger charge is 2.18. The van der Waals surface area contributed by atoms with Gasteiger partial charge in [0.15, 0.2) is 17.3 Å². The lowest BCUT2D eigenvalue weighted by atomic mass is 10.1. The van der Waals surface area contributed by atoms with Crippen molar-refractivity contribution in [3.05, 3.63) is 42.0 Å². The number of benzene rings is 1. The van der Waals surface area contributed by atoms with E-state index >= 15 is 0 Å². The molecule has 0 bridgehead atoms. The number of nitrogens with zero attached hydrogens (tertiary/aromatic N) is 5. The van der Waals surface area contributed by atoms with Gasteiger partial charge in [-0.1, -0.05) is 6.07 Å². The molecular weight excluding hydrogens is 336 g/mol. The van der Waals surface area contributed by atoms with Gasteiger partial charge in [0.1, 0.15) is 12.9 Å². The number of methoxy groups -OCH3 is 1. The van der Waals surface area contributed by atoms with Crippen molar-refractivity contribution in [2.45, 2.75) is 6.92 Å². The van der Waals surface area contributed by atoms with Crippen molar-refractivity contribution >= 4 is 17.2 Å². The van der Waals surface area contributed by atoms with Crippen molar-refractivity contribution in [1.29, 1.82) is 0 Å². The molecule has 0 radical (unpaired) electrons. The number of hydrogen-bond acceptors (Lipinski definition) is 8. The highest BCUT2D eigenvalue weighted by molar-refractivity contribution is 6.00. The Morgan fingerprint density at radius 2 is 2.12 bits per heavy atom. The Labute approximate surface area is 149 Å². The molecule has 1 aromatic carbocycles. The molecule has 3 aromatic rings. The first-order valence-corrected chi connectivity index (χ1v) is 7.82. The highest BCUT2D eigenvalue weighted by Crippen LogP contribution is 2.36. The summed E-state index contributed by atoms with van der Waals surface area (Å²) in [6.45, 7) is 1.11. The summed E-state index contributed by atoms with van der Waals surface area (Å²) in [5, 5.41) is 24.4. The fourth-order valence-corrected chi connectivity index (χ4v) is 2.50. The zero-order chi connectivity index (χ0) is 18.7. The van der Waals surface area contributed by atoms with Crippen molar-refractivity contribution < 1.29 is 14.6 Å². The largest absolute Gasteiger partial charge is 0.494 e. The van der Waals surface area contributed by atoms with Crippen molar-refractivity contribution in [3.63, 3.8) is 0 Å². The van der Waals surface area contributed by atoms with Crippen LogP contribution in [0.3, 0.4) is 0 Å². The first kappa shape index (κ1) is 17.5. The lowest BCUT2D eigenvalue weighted by molar-refractivity contribution is 0.0898. The van der Waals surface area contributed by atoms with Gasteiger partial charge in [-0.15, -0.1) is 5.10 Å². The van der Waals surface area contributed by atoms with Crippen LogP contribution in [0.25, 0.3) is 11.4 Å². The van der Waals surface area contributed by atoms with E-state index in [0.29, 0.717) is 34.2 Å². The van der Waals surface area contributed by atoms with Crippen LogP contribution < -0.4 is 10.1 Å². The van der Waals surface area contributed by atoms with Crippen LogP contribution in [0, 0.1) is 6.92 Å². The molecule has 134 valence electrons. The van der Waals surface area contributed by atoms with Gasteiger partial charge in [-0.05, 0) is 25.1 Å². The minimum Gasteiger partial charge on any atom is -0.494 e. The minimum atomic E-state index is -0.651. The SMILES string of the molecule is COc1c(Nc2cc(C)nnc2C(=O)CO)cccc1-c1ncn(C)n1. The number of aliphatic hydroxyl groups is 1. The predicted octanol–water partition coefficient (Wildman–Crippen LogP) is 1.51. The molecule has 0 saturated carbocycles. The monoisotopic (exact) mass is 354 g/mol. The van der Waals surface area contributed by atoms with Crippen LogP contribution in [-0.2, 0) is 7.05 Å². The molecule has 0 aliphatic rings. The third-order valence-corrected chi connectivity index (χ3v) is 3.65. The zero-order valence-corrected chi connectivity index (χ0v) is 14.6. The summed E-state index contributed by atoms with van der Waals surface area (Å²) in [5.74, 6) is 0.515. The Morgan fingerprint density at radius 1 is 1.31 bits per heavy atom. The van der Waals surface area contributed by atoms with Gasteiger partial charge in [-0.25, -0.2) is 4.98 Å². The maximum atomic E-state index is 11.9. The van der Waals surface area contributed by atoms with E-state index in [0.717, 1.165) is 0 Å². The van der Waals surface area contributed by atoms with Crippen molar-refractivity contribution in [2.24, 2.45) is 7.05 Å². The van der Waals surface area contributed by atoms with Crippen molar-refractivity contribution in [3.8, 4) is 17.1 Å². The van der Waals surface area contributed by atoms with E-state index in [1.165, 1.54) is 0 Å². The average molecular weight is 354 g/mol. The Morgan fingerprint density at radius 3 is 2.77 bits per heavy atom. The fraction of sp³-hybridized carbons (Fsp3) is 0.235. The number of ether oxygens (including phenoxy) is 1. The minimum absolute atomic E-state index is 0.0570. The summed E-state index contributed by atoms with van der Waals surface area (Å²) in [4.78, 5) is 16.2. The van der Waals surface area contributed by atoms with Crippen LogP contribution >= 0.6 is 0 Å². The molecule has 0 atom stereocenters. The van der Waals surface area contributed by atoms with E-state index in [-0.39, 0.29) is 5.69 Å². The van der Waals surface area contributed by atoms with E-state index in [9.17, 15) is 4.79 Å². The molecule has 2 N–H and O–H groups in total. The topological polar surface area (TPSA) is 115 Å². The van der Waals surface area contributed by atoms with Gasteiger partial charge < -0.3 is 15.2 Å². The normalized spacial score (nSPS) is 10.6. The van der Waals surface area contributed by atoms with Gasteiger partial charge in [-0.2, -0.15) is 10.2 Å². The third kappa shape index (κ3) is 3.38. The Kier molecular flexibility index (Phi) is 4.90. The summed E-state index contributed by atoms with van der Waals surface area (Å²) >= 11 is 0. The van der Waals surface area contributed by atoms with Crippen LogP contribution in [0.15, 0.2) is 30.6 Å². The summed E-state index contributed by atoms with van der Waals surface area (Å²) in [5.41, 5.74) is 2.43. The number of nitrogens with one attached hydrogen (secondary N) is 1. The molecule has 0 amide bonds. The van der Waals surface area contributed by atoms with Gasteiger partial charge in [0, 0.05) is 7.05 Å². The molecule has 2 heterocycles. The number of anilines is 2. The number of Topliss-reactive ketones (excluding diaryl/α,β-unsaturated/α-hetero) is 1. The first-order chi connectivity index (χ1) is 12.5. The predicted molar refractivity (Wildman–Crippen MR) is 94.5 cm³/mol. The Balaban J connectivity index is 2.06. The smallest absolute Gasteiger partial charge is 0.210 e. The summed E-state index contributed by atoms with van der Waals surface area (Å²) in [7, 11) is 3.33. The molecule has 0 spiro atoms. The summed E-state index contributed by atoms with van der Waals surface area (Å²) in [6, 6.07) is 7.15. The molecule has 2 aromatic heterocycles. The average Bonchev–Trinajstić information content (AvgIpc) is 3.07. The molecule has 0 aliphatic carbocycles. The lowest BCUT2D eigenvalue weighted by Crippen LogP contribution is -2.12. The van der Waals surface area contributed by atoms with Crippen LogP contribution in [0.4, 0.5) is 11.4 Å². The number of carbonyl (C=O) groups is 1. The van der Waals surface area contributed by atoms with E-state index in [1.807, 2.05) is 12.1 Å². The maximum absolute atomic E-state index is 11.9. The molecule has 9 heteroatoms. The molecule has 9 nitrogen and oxygen atoms in total. The van der Waals surface area contributed by atoms with Gasteiger partial charge >= 0.3 is 0 Å². The number of ketones is 1. The third-order valence-electron chi connectivity index (χ3n) is 3.65. The van der Waals surface area contributed by atoms with Crippen LogP contribution in [0.2, 0.25) is 0 Å². The molecule has 3 rings (SSSR count). The standard InChI is InChI=1S/C17H18N6O3/c1-10-7-13(15(21-20-10)14(25)8-24)19-12-6-4-5-11(16(12)26-3)17-18-9-23(2)22-17/h4-7,9,24H,8H2,1-3H3,(H,19,20). The lowest BCUT2D eigenvalue weighted by Gasteiger charge is -2.15. The zero-order valence-electron chi connectivity index (χ0n) is 14.6. The molecule has 0 unspecified atom stereocenters. The Bertz CT molecular complexity index is 953. The number of aryl methyl sites for hydroxylation is 2. The highest BCUT2D eigenvalue weighted by atomic mass is 16.5. The number of para-hydroxylation sites is 1.